The first-order valence-electron chi connectivity index (χ1n) is 7.37. The molecule has 0 unspecified atom stereocenters. The van der Waals surface area contributed by atoms with Gasteiger partial charge in [0.1, 0.15) is 5.75 Å². The van der Waals surface area contributed by atoms with Gasteiger partial charge in [-0.05, 0) is 37.0 Å². The van der Waals surface area contributed by atoms with E-state index < -0.39 is 6.09 Å². The Bertz CT molecular complexity index is 489. The van der Waals surface area contributed by atoms with Crippen LogP contribution in [0, 0.1) is 0 Å². The van der Waals surface area contributed by atoms with E-state index in [4.69, 9.17) is 9.84 Å². The fourth-order valence-electron chi connectivity index (χ4n) is 1.92. The van der Waals surface area contributed by atoms with Gasteiger partial charge in [-0.2, -0.15) is 0 Å². The van der Waals surface area contributed by atoms with E-state index in [9.17, 15) is 9.59 Å². The molecule has 1 aromatic rings. The van der Waals surface area contributed by atoms with Crippen molar-refractivity contribution in [2.24, 2.45) is 0 Å². The Hall–Kier alpha value is -2.24. The van der Waals surface area contributed by atoms with Crippen LogP contribution in [0.15, 0.2) is 24.3 Å². The summed E-state index contributed by atoms with van der Waals surface area (Å²) in [4.78, 5) is 23.3. The van der Waals surface area contributed by atoms with Crippen molar-refractivity contribution in [2.75, 3.05) is 27.2 Å². The summed E-state index contributed by atoms with van der Waals surface area (Å²) in [6.45, 7) is 0.941. The van der Waals surface area contributed by atoms with Crippen molar-refractivity contribution in [1.82, 2.24) is 10.2 Å². The monoisotopic (exact) mass is 308 g/mol. The Kier molecular flexibility index (Phi) is 7.81. The number of carbonyl (C=O) groups is 2. The zero-order chi connectivity index (χ0) is 16.4. The van der Waals surface area contributed by atoms with Gasteiger partial charge in [-0.3, -0.25) is 4.79 Å². The van der Waals surface area contributed by atoms with Gasteiger partial charge in [-0.15, -0.1) is 0 Å². The third-order valence-electron chi connectivity index (χ3n) is 3.12. The van der Waals surface area contributed by atoms with Crippen LogP contribution in [0.1, 0.15) is 24.8 Å². The minimum absolute atomic E-state index is 0.100. The molecule has 0 aliphatic rings. The van der Waals surface area contributed by atoms with Gasteiger partial charge in [-0.1, -0.05) is 12.1 Å². The summed E-state index contributed by atoms with van der Waals surface area (Å²) in [6, 6.07) is 7.74. The standard InChI is InChI=1S/C16H24N2O4/c1-18(2)15(19)9-5-11-22-14-8-3-6-13(12-14)7-4-10-17-16(20)21/h3,6,8,12,17H,4-5,7,9-11H2,1-2H3,(H,20,21). The van der Waals surface area contributed by atoms with Crippen LogP contribution in [0.4, 0.5) is 4.79 Å². The largest absolute Gasteiger partial charge is 0.494 e. The highest BCUT2D eigenvalue weighted by molar-refractivity contribution is 5.75. The zero-order valence-corrected chi connectivity index (χ0v) is 13.2. The lowest BCUT2D eigenvalue weighted by molar-refractivity contribution is -0.128. The van der Waals surface area contributed by atoms with Crippen molar-refractivity contribution in [3.05, 3.63) is 29.8 Å². The Labute approximate surface area is 131 Å². The highest BCUT2D eigenvalue weighted by atomic mass is 16.5. The molecule has 0 spiro atoms. The smallest absolute Gasteiger partial charge is 0.404 e. The molecule has 22 heavy (non-hydrogen) atoms. The average molecular weight is 308 g/mol. The third kappa shape index (κ3) is 7.52. The van der Waals surface area contributed by atoms with Crippen LogP contribution in [0.25, 0.3) is 0 Å². The van der Waals surface area contributed by atoms with Crippen LogP contribution in [0.3, 0.4) is 0 Å². The number of carboxylic acid groups (broad SMARTS) is 1. The number of nitrogens with one attached hydrogen (secondary N) is 1. The molecule has 1 aromatic carbocycles. The summed E-state index contributed by atoms with van der Waals surface area (Å²) >= 11 is 0. The fraction of sp³-hybridized carbons (Fsp3) is 0.500. The molecule has 0 saturated carbocycles. The van der Waals surface area contributed by atoms with E-state index in [2.05, 4.69) is 5.32 Å². The molecule has 0 saturated heterocycles. The summed E-state index contributed by atoms with van der Waals surface area (Å²) in [5, 5.41) is 10.8. The van der Waals surface area contributed by atoms with E-state index in [0.717, 1.165) is 24.2 Å². The van der Waals surface area contributed by atoms with Crippen LogP contribution >= 0.6 is 0 Å². The Morgan fingerprint density at radius 2 is 2.05 bits per heavy atom. The highest BCUT2D eigenvalue weighted by Gasteiger charge is 2.04. The van der Waals surface area contributed by atoms with Crippen molar-refractivity contribution < 1.29 is 19.4 Å². The first kappa shape index (κ1) is 17.8. The van der Waals surface area contributed by atoms with Crippen molar-refractivity contribution in [2.45, 2.75) is 25.7 Å². The van der Waals surface area contributed by atoms with Crippen LogP contribution in [0.5, 0.6) is 5.75 Å². The molecule has 2 amide bonds. The maximum absolute atomic E-state index is 11.4. The number of rotatable bonds is 9. The van der Waals surface area contributed by atoms with Crippen molar-refractivity contribution in [3.63, 3.8) is 0 Å². The number of amides is 2. The molecular formula is C16H24N2O4. The molecule has 0 atom stereocenters. The summed E-state index contributed by atoms with van der Waals surface area (Å²) in [7, 11) is 3.48. The van der Waals surface area contributed by atoms with Gasteiger partial charge in [0.2, 0.25) is 5.91 Å². The molecule has 6 nitrogen and oxygen atoms in total. The molecule has 2 N–H and O–H groups in total. The lowest BCUT2D eigenvalue weighted by Gasteiger charge is -2.11. The normalized spacial score (nSPS) is 10.1. The van der Waals surface area contributed by atoms with Crippen molar-refractivity contribution in [3.8, 4) is 5.75 Å². The molecule has 1 rings (SSSR count). The highest BCUT2D eigenvalue weighted by Crippen LogP contribution is 2.15. The van der Waals surface area contributed by atoms with Gasteiger partial charge in [0.05, 0.1) is 6.61 Å². The SMILES string of the molecule is CN(C)C(=O)CCCOc1cccc(CCCNC(=O)O)c1. The molecule has 0 heterocycles. The molecule has 0 bridgehead atoms. The number of hydrogen-bond donors (Lipinski definition) is 2. The van der Waals surface area contributed by atoms with Crippen molar-refractivity contribution in [1.29, 1.82) is 0 Å². The quantitative estimate of drug-likeness (QED) is 0.685. The molecule has 0 aliphatic heterocycles. The summed E-state index contributed by atoms with van der Waals surface area (Å²) in [5.41, 5.74) is 1.11. The summed E-state index contributed by atoms with van der Waals surface area (Å²) in [6.07, 6.45) is 1.70. The van der Waals surface area contributed by atoms with Crippen LogP contribution in [-0.4, -0.2) is 49.3 Å². The second kappa shape index (κ2) is 9.65. The maximum atomic E-state index is 11.4. The number of ether oxygens (including phenoxy) is 1. The van der Waals surface area contributed by atoms with Crippen LogP contribution in [0.2, 0.25) is 0 Å². The maximum Gasteiger partial charge on any atom is 0.404 e. The fourth-order valence-corrected chi connectivity index (χ4v) is 1.92. The number of aryl methyl sites for hydroxylation is 1. The predicted molar refractivity (Wildman–Crippen MR) is 84.2 cm³/mol. The molecule has 0 radical (unpaired) electrons. The van der Waals surface area contributed by atoms with E-state index in [0.29, 0.717) is 26.0 Å². The minimum atomic E-state index is -0.996. The number of carbonyl (C=O) groups excluding carboxylic acids is 1. The summed E-state index contributed by atoms with van der Waals surface area (Å²) in [5.74, 6) is 0.879. The molecular weight excluding hydrogens is 284 g/mol. The van der Waals surface area contributed by atoms with Crippen LogP contribution in [-0.2, 0) is 11.2 Å². The van der Waals surface area contributed by atoms with Gasteiger partial charge in [0, 0.05) is 27.1 Å². The lowest BCUT2D eigenvalue weighted by atomic mass is 10.1. The average Bonchev–Trinajstić information content (AvgIpc) is 2.48. The summed E-state index contributed by atoms with van der Waals surface area (Å²) < 4.78 is 5.64. The van der Waals surface area contributed by atoms with Crippen LogP contribution < -0.4 is 10.1 Å². The number of hydrogen-bond acceptors (Lipinski definition) is 3. The van der Waals surface area contributed by atoms with E-state index >= 15 is 0 Å². The molecule has 6 heteroatoms. The van der Waals surface area contributed by atoms with Gasteiger partial charge < -0.3 is 20.1 Å². The lowest BCUT2D eigenvalue weighted by Crippen LogP contribution is -2.22. The second-order valence-corrected chi connectivity index (χ2v) is 5.22. The molecule has 0 aliphatic carbocycles. The Balaban J connectivity index is 2.28. The number of nitrogens with zero attached hydrogens (tertiary/aromatic N) is 1. The van der Waals surface area contributed by atoms with Gasteiger partial charge >= 0.3 is 6.09 Å². The zero-order valence-electron chi connectivity index (χ0n) is 13.2. The van der Waals surface area contributed by atoms with Crippen molar-refractivity contribution >= 4 is 12.0 Å². The van der Waals surface area contributed by atoms with Gasteiger partial charge in [-0.25, -0.2) is 4.79 Å². The number of benzene rings is 1. The first-order chi connectivity index (χ1) is 10.5. The second-order valence-electron chi connectivity index (χ2n) is 5.22. The molecule has 0 aromatic heterocycles. The molecule has 0 fully saturated rings. The van der Waals surface area contributed by atoms with E-state index in [1.54, 1.807) is 19.0 Å². The topological polar surface area (TPSA) is 78.9 Å². The van der Waals surface area contributed by atoms with E-state index in [1.807, 2.05) is 24.3 Å². The Morgan fingerprint density at radius 1 is 1.27 bits per heavy atom. The molecule has 122 valence electrons. The first-order valence-corrected chi connectivity index (χ1v) is 7.37. The minimum Gasteiger partial charge on any atom is -0.494 e. The predicted octanol–water partition coefficient (Wildman–Crippen LogP) is 2.13. The van der Waals surface area contributed by atoms with Gasteiger partial charge in [0.25, 0.3) is 0 Å². The third-order valence-corrected chi connectivity index (χ3v) is 3.12. The van der Waals surface area contributed by atoms with Gasteiger partial charge in [0.15, 0.2) is 0 Å². The van der Waals surface area contributed by atoms with E-state index in [-0.39, 0.29) is 5.91 Å². The Morgan fingerprint density at radius 3 is 2.73 bits per heavy atom. The van der Waals surface area contributed by atoms with E-state index in [1.165, 1.54) is 0 Å².